The summed E-state index contributed by atoms with van der Waals surface area (Å²) in [6.07, 6.45) is -4.70. The van der Waals surface area contributed by atoms with Crippen molar-refractivity contribution in [3.05, 3.63) is 42.7 Å². The minimum atomic E-state index is -5.92. The van der Waals surface area contributed by atoms with Crippen LogP contribution in [-0.4, -0.2) is 108 Å². The van der Waals surface area contributed by atoms with Gasteiger partial charge in [-0.2, -0.15) is 0 Å². The molecule has 6 N–H and O–H groups in total. The molecule has 3 aromatic heterocycles. The number of imidazole rings is 1. The second-order valence-electron chi connectivity index (χ2n) is 12.4. The van der Waals surface area contributed by atoms with Crippen LogP contribution in [0.15, 0.2) is 37.2 Å². The number of anilines is 1. The van der Waals surface area contributed by atoms with Gasteiger partial charge in [0.25, 0.3) is 15.6 Å². The van der Waals surface area contributed by atoms with E-state index in [1.165, 1.54) is 26.2 Å². The number of rotatable bonds is 20. The highest BCUT2D eigenvalue weighted by molar-refractivity contribution is 8.14. The number of nitrogens with two attached hydrogens (primary N) is 1. The molecule has 56 heavy (non-hydrogen) atoms. The number of phosphoric acid groups is 3. The molecule has 1 fully saturated rings. The molecule has 2 amide bonds. The van der Waals surface area contributed by atoms with Gasteiger partial charge in [-0.05, 0) is 12.1 Å². The number of aromatic nitrogens is 5. The number of fused-ring (bicyclic) bond motifs is 1. The molecule has 25 nitrogen and oxygen atoms in total. The first-order chi connectivity index (χ1) is 26.1. The maximum absolute atomic E-state index is 12.5. The molecular formula is C27H35N8O17P3S-4. The number of aliphatic hydroxyl groups excluding tert-OH is 2. The summed E-state index contributed by atoms with van der Waals surface area (Å²) >= 11 is 0.972. The molecule has 1 aliphatic rings. The summed E-state index contributed by atoms with van der Waals surface area (Å²) in [7, 11) is -17.6. The lowest BCUT2D eigenvalue weighted by molar-refractivity contribution is -0.347. The lowest BCUT2D eigenvalue weighted by Crippen LogP contribution is -2.46. The summed E-state index contributed by atoms with van der Waals surface area (Å²) in [5, 5.41) is 25.9. The Morgan fingerprint density at radius 3 is 2.48 bits per heavy atom. The first kappa shape index (κ1) is 45.4. The number of hydrogen-bond acceptors (Lipinski definition) is 23. The van der Waals surface area contributed by atoms with Crippen LogP contribution in [0.25, 0.3) is 11.2 Å². The first-order valence-corrected chi connectivity index (χ1v) is 21.3. The lowest BCUT2D eigenvalue weighted by atomic mass is 9.87. The Hall–Kier alpha value is -3.29. The number of pyridine rings is 1. The van der Waals surface area contributed by atoms with Gasteiger partial charge in [0.2, 0.25) is 16.9 Å². The highest BCUT2D eigenvalue weighted by atomic mass is 32.2. The van der Waals surface area contributed by atoms with E-state index in [4.69, 9.17) is 10.5 Å². The normalized spacial score (nSPS) is 21.6. The molecule has 3 aromatic rings. The van der Waals surface area contributed by atoms with Crippen LogP contribution < -0.4 is 35.9 Å². The standard InChI is InChI=1S/C27H39N8O17P3S/c1-27(2,21(38)24(39)31-7-5-17(36)30-8-9-56-26(40)15-4-3-6-29-10-15)12-49-55(46,47)52-54(44,45)48-11-16-20(51-53(41,42)43)19(37)25(50-16)35-14-34-18-22(28)32-13-33-23(18)35/h3-4,6,10,13-14,16,19-21,25,37-38H,5,7-9,11-12H2,1-2H3,(H,30,36)(H,31,39)(H,44,45)(H,46,47)(H2,28,32,33)(H2,41,42,43)/p-4/t16-,19-,20-,21+,25-/m1/s1. The van der Waals surface area contributed by atoms with Crippen molar-refractivity contribution in [2.75, 3.05) is 37.8 Å². The van der Waals surface area contributed by atoms with Gasteiger partial charge in [0.05, 0.1) is 27.4 Å². The molecule has 0 radical (unpaired) electrons. The third-order valence-electron chi connectivity index (χ3n) is 7.61. The number of amides is 2. The predicted molar refractivity (Wildman–Crippen MR) is 182 cm³/mol. The zero-order valence-corrected chi connectivity index (χ0v) is 32.7. The van der Waals surface area contributed by atoms with Crippen LogP contribution in [0.3, 0.4) is 0 Å². The predicted octanol–water partition coefficient (Wildman–Crippen LogP) is -3.15. The fourth-order valence-electron chi connectivity index (χ4n) is 4.82. The molecular weight excluding hydrogens is 833 g/mol. The molecule has 1 saturated heterocycles. The van der Waals surface area contributed by atoms with Crippen molar-refractivity contribution in [2.45, 2.75) is 50.9 Å². The van der Waals surface area contributed by atoms with Gasteiger partial charge in [-0.25, -0.2) is 19.3 Å². The molecule has 0 aromatic carbocycles. The molecule has 0 saturated carbocycles. The highest BCUT2D eigenvalue weighted by Gasteiger charge is 2.47. The van der Waals surface area contributed by atoms with Crippen molar-refractivity contribution in [2.24, 2.45) is 5.41 Å². The van der Waals surface area contributed by atoms with Gasteiger partial charge in [-0.15, -0.1) is 0 Å². The van der Waals surface area contributed by atoms with Gasteiger partial charge in [-0.1, -0.05) is 25.6 Å². The summed E-state index contributed by atoms with van der Waals surface area (Å²) in [6.45, 7) is 0.00623. The molecule has 0 aliphatic carbocycles. The number of nitrogens with zero attached hydrogens (tertiary/aromatic N) is 5. The Morgan fingerprint density at radius 2 is 1.80 bits per heavy atom. The van der Waals surface area contributed by atoms with E-state index in [0.29, 0.717) is 5.56 Å². The molecule has 310 valence electrons. The zero-order valence-electron chi connectivity index (χ0n) is 29.2. The van der Waals surface area contributed by atoms with Gasteiger partial charge in [0, 0.05) is 48.6 Å². The maximum Gasteiger partial charge on any atom is 0.274 e. The van der Waals surface area contributed by atoms with E-state index in [0.717, 1.165) is 29.0 Å². The molecule has 4 heterocycles. The van der Waals surface area contributed by atoms with Crippen LogP contribution in [0.2, 0.25) is 0 Å². The number of carbonyl (C=O) groups is 3. The molecule has 7 atom stereocenters. The quantitative estimate of drug-likeness (QED) is 0.0553. The van der Waals surface area contributed by atoms with Crippen LogP contribution in [0.4, 0.5) is 5.82 Å². The maximum atomic E-state index is 12.5. The van der Waals surface area contributed by atoms with Crippen LogP contribution in [0.5, 0.6) is 0 Å². The third kappa shape index (κ3) is 12.9. The summed E-state index contributed by atoms with van der Waals surface area (Å²) < 4.78 is 60.4. The Bertz CT molecular complexity index is 2010. The molecule has 29 heteroatoms. The van der Waals surface area contributed by atoms with Crippen LogP contribution in [0, 0.1) is 5.41 Å². The number of phosphoric ester groups is 3. The van der Waals surface area contributed by atoms with Gasteiger partial charge < -0.3 is 69.0 Å². The average Bonchev–Trinajstić information content (AvgIpc) is 3.68. The van der Waals surface area contributed by atoms with Crippen molar-refractivity contribution in [1.29, 1.82) is 0 Å². The van der Waals surface area contributed by atoms with Gasteiger partial charge >= 0.3 is 0 Å². The van der Waals surface area contributed by atoms with Crippen molar-refractivity contribution < 1.29 is 80.5 Å². The second kappa shape index (κ2) is 19.0. The van der Waals surface area contributed by atoms with Gasteiger partial charge in [0.15, 0.2) is 17.7 Å². The number of aliphatic hydroxyl groups is 2. The van der Waals surface area contributed by atoms with Crippen LogP contribution >= 0.6 is 35.2 Å². The molecule has 4 rings (SSSR count). The lowest BCUT2D eigenvalue weighted by Gasteiger charge is -2.36. The second-order valence-corrected chi connectivity index (χ2v) is 17.5. The van der Waals surface area contributed by atoms with Crippen LogP contribution in [0.1, 0.15) is 36.9 Å². The highest BCUT2D eigenvalue weighted by Crippen LogP contribution is 2.56. The van der Waals surface area contributed by atoms with E-state index in [9.17, 15) is 57.9 Å². The SMILES string of the molecule is CC(C)(COP(=O)([O-])OP(=O)([O-])OC[C@H]1O[C@@H](n2cnc3c(N)ncnc32)[C@H](O)[C@@H]1OP(=O)([O-])[O-])[C@@H](O)C(=O)NCCC(=O)NCCSC(=O)c1cccnc1. The van der Waals surface area contributed by atoms with E-state index in [1.54, 1.807) is 12.1 Å². The number of nitrogen functional groups attached to an aromatic ring is 1. The number of nitrogens with one attached hydrogen (secondary N) is 2. The van der Waals surface area contributed by atoms with Crippen molar-refractivity contribution >= 4 is 69.1 Å². The molecule has 2 unspecified atom stereocenters. The summed E-state index contributed by atoms with van der Waals surface area (Å²) in [5.41, 5.74) is 4.45. The van der Waals surface area contributed by atoms with E-state index in [-0.39, 0.29) is 47.4 Å². The van der Waals surface area contributed by atoms with Crippen molar-refractivity contribution in [3.63, 3.8) is 0 Å². The average molecular weight is 869 g/mol. The zero-order chi connectivity index (χ0) is 41.5. The monoisotopic (exact) mass is 868 g/mol. The summed E-state index contributed by atoms with van der Waals surface area (Å²) in [4.78, 5) is 99.9. The minimum absolute atomic E-state index is 0.0240. The van der Waals surface area contributed by atoms with Crippen molar-refractivity contribution in [3.8, 4) is 0 Å². The van der Waals surface area contributed by atoms with Crippen LogP contribution in [-0.2, 0) is 45.9 Å². The van der Waals surface area contributed by atoms with Gasteiger partial charge in [0.1, 0.15) is 36.3 Å². The first-order valence-electron chi connectivity index (χ1n) is 16.0. The molecule has 0 bridgehead atoms. The number of hydrogen-bond donors (Lipinski definition) is 5. The van der Waals surface area contributed by atoms with E-state index in [2.05, 4.69) is 48.5 Å². The Morgan fingerprint density at radius 1 is 1.09 bits per heavy atom. The van der Waals surface area contributed by atoms with E-state index >= 15 is 0 Å². The number of thioether (sulfide) groups is 1. The smallest absolute Gasteiger partial charge is 0.274 e. The van der Waals surface area contributed by atoms with Gasteiger partial charge in [-0.3, -0.25) is 33.1 Å². The van der Waals surface area contributed by atoms with E-state index < -0.39 is 84.6 Å². The molecule has 1 aliphatic heterocycles. The van der Waals surface area contributed by atoms with E-state index in [1.807, 2.05) is 0 Å². The fraction of sp³-hybridized carbons (Fsp3) is 0.519. The summed E-state index contributed by atoms with van der Waals surface area (Å²) in [5.74, 6) is -1.32. The fourth-order valence-corrected chi connectivity index (χ4v) is 8.23. The Labute approximate surface area is 321 Å². The number of carbonyl (C=O) groups excluding carboxylic acids is 3. The Balaban J connectivity index is 1.23. The molecule has 0 spiro atoms. The number of ether oxygens (including phenoxy) is 1. The topological polar surface area (TPSA) is 388 Å². The summed E-state index contributed by atoms with van der Waals surface area (Å²) in [6, 6.07) is 3.21. The Kier molecular flexibility index (Phi) is 15.4. The largest absolute Gasteiger partial charge is 0.790 e. The third-order valence-corrected chi connectivity index (χ3v) is 11.5. The minimum Gasteiger partial charge on any atom is -0.790 e. The van der Waals surface area contributed by atoms with Crippen molar-refractivity contribution in [1.82, 2.24) is 35.1 Å².